The fourth-order valence-corrected chi connectivity index (χ4v) is 2.69. The van der Waals surface area contributed by atoms with Gasteiger partial charge in [0.2, 0.25) is 0 Å². The normalized spacial score (nSPS) is 21.4. The molecule has 1 unspecified atom stereocenters. The second-order valence-corrected chi connectivity index (χ2v) is 6.05. The van der Waals surface area contributed by atoms with Crippen molar-refractivity contribution >= 4 is 0 Å². The predicted octanol–water partition coefficient (Wildman–Crippen LogP) is 0.402. The maximum absolute atomic E-state index is 10.2. The van der Waals surface area contributed by atoms with Crippen molar-refractivity contribution in [1.82, 2.24) is 20.9 Å². The van der Waals surface area contributed by atoms with Crippen molar-refractivity contribution in [2.45, 2.75) is 45.1 Å². The van der Waals surface area contributed by atoms with Gasteiger partial charge in [-0.1, -0.05) is 32.6 Å². The van der Waals surface area contributed by atoms with E-state index in [0.29, 0.717) is 0 Å². The molecule has 0 amide bonds. The van der Waals surface area contributed by atoms with Crippen LogP contribution in [0.25, 0.3) is 0 Å². The van der Waals surface area contributed by atoms with E-state index >= 15 is 0 Å². The van der Waals surface area contributed by atoms with E-state index in [-0.39, 0.29) is 6.10 Å². The van der Waals surface area contributed by atoms with Crippen LogP contribution in [0.5, 0.6) is 0 Å². The summed E-state index contributed by atoms with van der Waals surface area (Å²) in [6.07, 6.45) is 5.74. The molecule has 1 heterocycles. The van der Waals surface area contributed by atoms with Gasteiger partial charge in [-0.3, -0.25) is 4.90 Å². The lowest BCUT2D eigenvalue weighted by Gasteiger charge is -2.26. The Morgan fingerprint density at radius 3 is 2.00 bits per heavy atom. The van der Waals surface area contributed by atoms with Crippen LogP contribution in [0.15, 0.2) is 0 Å². The quantitative estimate of drug-likeness (QED) is 0.513. The summed E-state index contributed by atoms with van der Waals surface area (Å²) in [5.74, 6) is 0. The Morgan fingerprint density at radius 2 is 1.43 bits per heavy atom. The number of nitrogens with one attached hydrogen (secondary N) is 3. The van der Waals surface area contributed by atoms with E-state index in [1.54, 1.807) is 0 Å². The molecular formula is C16H36N4O. The Kier molecular flexibility index (Phi) is 12.1. The Hall–Kier alpha value is -0.200. The lowest BCUT2D eigenvalue weighted by Crippen LogP contribution is -2.44. The molecule has 1 atom stereocenters. The molecule has 1 fully saturated rings. The molecule has 126 valence electrons. The average molecular weight is 300 g/mol. The molecule has 5 nitrogen and oxygen atoms in total. The van der Waals surface area contributed by atoms with Crippen LogP contribution in [-0.2, 0) is 0 Å². The SMILES string of the molecule is CCCCCCC(O)CN1CCNCCNCCNCC1. The molecule has 0 radical (unpaired) electrons. The number of hydrogen-bond acceptors (Lipinski definition) is 5. The molecule has 0 aromatic rings. The lowest BCUT2D eigenvalue weighted by molar-refractivity contribution is 0.103. The van der Waals surface area contributed by atoms with Gasteiger partial charge in [0.1, 0.15) is 0 Å². The van der Waals surface area contributed by atoms with Gasteiger partial charge in [-0.2, -0.15) is 0 Å². The maximum Gasteiger partial charge on any atom is 0.0667 e. The number of nitrogens with zero attached hydrogens (tertiary/aromatic N) is 1. The molecule has 0 saturated carbocycles. The minimum atomic E-state index is -0.170. The number of β-amino-alcohol motifs (C(OH)–C–C–N with tert-alkyl or cyclic N) is 1. The maximum atomic E-state index is 10.2. The predicted molar refractivity (Wildman–Crippen MR) is 89.8 cm³/mol. The Morgan fingerprint density at radius 1 is 0.857 bits per heavy atom. The zero-order chi connectivity index (χ0) is 15.2. The zero-order valence-corrected chi connectivity index (χ0v) is 13.9. The minimum Gasteiger partial charge on any atom is -0.392 e. The highest BCUT2D eigenvalue weighted by Gasteiger charge is 2.11. The molecule has 21 heavy (non-hydrogen) atoms. The van der Waals surface area contributed by atoms with Crippen LogP contribution in [0.2, 0.25) is 0 Å². The van der Waals surface area contributed by atoms with Crippen molar-refractivity contribution < 1.29 is 5.11 Å². The fourth-order valence-electron chi connectivity index (χ4n) is 2.69. The van der Waals surface area contributed by atoms with Crippen molar-refractivity contribution in [2.24, 2.45) is 0 Å². The van der Waals surface area contributed by atoms with Crippen LogP contribution in [0.3, 0.4) is 0 Å². The van der Waals surface area contributed by atoms with Gasteiger partial charge in [-0.15, -0.1) is 0 Å². The Balaban J connectivity index is 2.20. The van der Waals surface area contributed by atoms with Gasteiger partial charge in [-0.05, 0) is 6.42 Å². The summed E-state index contributed by atoms with van der Waals surface area (Å²) in [6, 6.07) is 0. The summed E-state index contributed by atoms with van der Waals surface area (Å²) in [6.45, 7) is 11.2. The minimum absolute atomic E-state index is 0.170. The first-order valence-electron chi connectivity index (χ1n) is 8.85. The molecule has 5 heteroatoms. The summed E-state index contributed by atoms with van der Waals surface area (Å²) < 4.78 is 0. The van der Waals surface area contributed by atoms with Crippen LogP contribution >= 0.6 is 0 Å². The molecule has 1 aliphatic heterocycles. The van der Waals surface area contributed by atoms with Crippen molar-refractivity contribution in [3.8, 4) is 0 Å². The third-order valence-electron chi connectivity index (χ3n) is 4.03. The summed E-state index contributed by atoms with van der Waals surface area (Å²) in [5.41, 5.74) is 0. The third kappa shape index (κ3) is 11.1. The molecule has 1 aliphatic rings. The van der Waals surface area contributed by atoms with E-state index in [1.807, 2.05) is 0 Å². The smallest absolute Gasteiger partial charge is 0.0667 e. The van der Waals surface area contributed by atoms with E-state index < -0.39 is 0 Å². The largest absolute Gasteiger partial charge is 0.392 e. The first kappa shape index (κ1) is 18.8. The van der Waals surface area contributed by atoms with E-state index in [0.717, 1.165) is 71.7 Å². The number of aliphatic hydroxyl groups is 1. The van der Waals surface area contributed by atoms with Gasteiger partial charge in [0.15, 0.2) is 0 Å². The van der Waals surface area contributed by atoms with Crippen molar-refractivity contribution in [3.63, 3.8) is 0 Å². The van der Waals surface area contributed by atoms with E-state index in [9.17, 15) is 5.11 Å². The van der Waals surface area contributed by atoms with Gasteiger partial charge in [0, 0.05) is 58.9 Å². The van der Waals surface area contributed by atoms with Gasteiger partial charge in [0.05, 0.1) is 6.10 Å². The van der Waals surface area contributed by atoms with Gasteiger partial charge in [0.25, 0.3) is 0 Å². The molecule has 0 aliphatic carbocycles. The second-order valence-electron chi connectivity index (χ2n) is 6.05. The van der Waals surface area contributed by atoms with Gasteiger partial charge in [-0.25, -0.2) is 0 Å². The highest BCUT2D eigenvalue weighted by molar-refractivity contribution is 4.69. The standard InChI is InChI=1S/C16H36N4O/c1-2-3-4-5-6-16(21)15-20-13-11-18-9-7-17-8-10-19-12-14-20/h16-19,21H,2-15H2,1H3. The molecule has 0 spiro atoms. The van der Waals surface area contributed by atoms with Crippen LogP contribution in [0, 0.1) is 0 Å². The van der Waals surface area contributed by atoms with Crippen molar-refractivity contribution in [3.05, 3.63) is 0 Å². The zero-order valence-electron chi connectivity index (χ0n) is 13.9. The van der Waals surface area contributed by atoms with Gasteiger partial charge >= 0.3 is 0 Å². The molecule has 1 rings (SSSR count). The highest BCUT2D eigenvalue weighted by atomic mass is 16.3. The Labute approximate surface area is 130 Å². The monoisotopic (exact) mass is 300 g/mol. The first-order valence-corrected chi connectivity index (χ1v) is 8.85. The summed E-state index contributed by atoms with van der Waals surface area (Å²) in [5, 5.41) is 20.5. The summed E-state index contributed by atoms with van der Waals surface area (Å²) in [7, 11) is 0. The number of aliphatic hydroxyl groups excluding tert-OH is 1. The Bertz CT molecular complexity index is 216. The molecule has 0 bridgehead atoms. The third-order valence-corrected chi connectivity index (χ3v) is 4.03. The van der Waals surface area contributed by atoms with Crippen LogP contribution in [0.4, 0.5) is 0 Å². The lowest BCUT2D eigenvalue weighted by atomic mass is 10.1. The molecule has 0 aromatic heterocycles. The van der Waals surface area contributed by atoms with E-state index in [2.05, 4.69) is 27.8 Å². The summed E-state index contributed by atoms with van der Waals surface area (Å²) >= 11 is 0. The molecule has 4 N–H and O–H groups in total. The van der Waals surface area contributed by atoms with Crippen LogP contribution in [-0.4, -0.2) is 75.0 Å². The fraction of sp³-hybridized carbons (Fsp3) is 1.00. The van der Waals surface area contributed by atoms with Crippen LogP contribution < -0.4 is 16.0 Å². The first-order chi connectivity index (χ1) is 10.3. The molecule has 1 saturated heterocycles. The van der Waals surface area contributed by atoms with Gasteiger partial charge < -0.3 is 21.1 Å². The number of hydrogen-bond donors (Lipinski definition) is 4. The van der Waals surface area contributed by atoms with Crippen molar-refractivity contribution in [2.75, 3.05) is 58.9 Å². The second kappa shape index (κ2) is 13.5. The number of unbranched alkanes of at least 4 members (excludes halogenated alkanes) is 3. The highest BCUT2D eigenvalue weighted by Crippen LogP contribution is 2.06. The van der Waals surface area contributed by atoms with E-state index in [4.69, 9.17) is 0 Å². The molecule has 0 aromatic carbocycles. The molecular weight excluding hydrogens is 264 g/mol. The van der Waals surface area contributed by atoms with Crippen LogP contribution in [0.1, 0.15) is 39.0 Å². The summed E-state index contributed by atoms with van der Waals surface area (Å²) in [4.78, 5) is 2.39. The number of rotatable bonds is 7. The van der Waals surface area contributed by atoms with Crippen molar-refractivity contribution in [1.29, 1.82) is 0 Å². The van der Waals surface area contributed by atoms with E-state index in [1.165, 1.54) is 19.3 Å². The topological polar surface area (TPSA) is 59.6 Å². The average Bonchev–Trinajstić information content (AvgIpc) is 2.46.